The largest absolute Gasteiger partial charge is 0.398 e. The number of hydrogen-bond donors (Lipinski definition) is 1. The molecule has 0 aliphatic carbocycles. The molecule has 2 aromatic rings. The van der Waals surface area contributed by atoms with Crippen molar-refractivity contribution in [3.8, 4) is 0 Å². The fourth-order valence-electron chi connectivity index (χ4n) is 2.28. The number of fused-ring (bicyclic) bond motifs is 1. The molecule has 90 valence electrons. The van der Waals surface area contributed by atoms with Gasteiger partial charge in [-0.2, -0.15) is 0 Å². The van der Waals surface area contributed by atoms with Crippen molar-refractivity contribution in [2.24, 2.45) is 0 Å². The highest BCUT2D eigenvalue weighted by Gasteiger charge is 2.14. The highest BCUT2D eigenvalue weighted by molar-refractivity contribution is 5.68. The Morgan fingerprint density at radius 2 is 2.00 bits per heavy atom. The van der Waals surface area contributed by atoms with E-state index in [1.165, 1.54) is 16.8 Å². The van der Waals surface area contributed by atoms with E-state index >= 15 is 0 Å². The number of pyridine rings is 1. The zero-order chi connectivity index (χ0) is 12.4. The smallest absolute Gasteiger partial charge is 0.0477 e. The van der Waals surface area contributed by atoms with Gasteiger partial charge >= 0.3 is 0 Å². The molecule has 0 amide bonds. The zero-order valence-electron chi connectivity index (χ0n) is 10.1. The maximum atomic E-state index is 6.03. The van der Waals surface area contributed by atoms with Gasteiger partial charge in [0.15, 0.2) is 0 Å². The second kappa shape index (κ2) is 4.53. The summed E-state index contributed by atoms with van der Waals surface area (Å²) < 4.78 is 0. The van der Waals surface area contributed by atoms with Crippen molar-refractivity contribution in [1.82, 2.24) is 4.98 Å². The summed E-state index contributed by atoms with van der Waals surface area (Å²) in [6, 6.07) is 10.2. The SMILES string of the molecule is Nc1cccc2c1CC=CN2Cc1ccncc1. The van der Waals surface area contributed by atoms with Gasteiger partial charge in [-0.3, -0.25) is 4.98 Å². The van der Waals surface area contributed by atoms with Gasteiger partial charge in [0.25, 0.3) is 0 Å². The number of nitrogens with zero attached hydrogens (tertiary/aromatic N) is 2. The third-order valence-electron chi connectivity index (χ3n) is 3.21. The molecule has 0 fully saturated rings. The lowest BCUT2D eigenvalue weighted by Gasteiger charge is -2.27. The van der Waals surface area contributed by atoms with Crippen LogP contribution in [0.25, 0.3) is 0 Å². The van der Waals surface area contributed by atoms with Gasteiger partial charge < -0.3 is 10.6 Å². The molecule has 1 aliphatic rings. The van der Waals surface area contributed by atoms with E-state index in [0.29, 0.717) is 0 Å². The predicted octanol–water partition coefficient (Wildman–Crippen LogP) is 2.74. The lowest BCUT2D eigenvalue weighted by Crippen LogP contribution is -2.20. The van der Waals surface area contributed by atoms with Crippen molar-refractivity contribution < 1.29 is 0 Å². The van der Waals surface area contributed by atoms with Crippen molar-refractivity contribution in [1.29, 1.82) is 0 Å². The quantitative estimate of drug-likeness (QED) is 0.817. The molecule has 2 heterocycles. The van der Waals surface area contributed by atoms with Gasteiger partial charge in [0.1, 0.15) is 0 Å². The van der Waals surface area contributed by atoms with Crippen LogP contribution in [0.4, 0.5) is 11.4 Å². The van der Waals surface area contributed by atoms with Gasteiger partial charge in [-0.05, 0) is 36.2 Å². The Balaban J connectivity index is 1.93. The van der Waals surface area contributed by atoms with Gasteiger partial charge in [-0.1, -0.05) is 12.1 Å². The number of nitrogen functional groups attached to an aromatic ring is 1. The van der Waals surface area contributed by atoms with Crippen molar-refractivity contribution in [2.45, 2.75) is 13.0 Å². The molecule has 0 saturated heterocycles. The minimum Gasteiger partial charge on any atom is -0.398 e. The fraction of sp³-hybridized carbons (Fsp3) is 0.133. The number of aromatic nitrogens is 1. The first-order valence-corrected chi connectivity index (χ1v) is 6.04. The van der Waals surface area contributed by atoms with Gasteiger partial charge in [0, 0.05) is 42.1 Å². The summed E-state index contributed by atoms with van der Waals surface area (Å²) in [4.78, 5) is 6.27. The molecule has 2 N–H and O–H groups in total. The van der Waals surface area contributed by atoms with E-state index in [0.717, 1.165) is 18.7 Å². The Labute approximate surface area is 107 Å². The summed E-state index contributed by atoms with van der Waals surface area (Å²) in [6.45, 7) is 0.843. The van der Waals surface area contributed by atoms with E-state index in [2.05, 4.69) is 28.2 Å². The number of allylic oxidation sites excluding steroid dienone is 1. The third kappa shape index (κ3) is 1.95. The topological polar surface area (TPSA) is 42.1 Å². The van der Waals surface area contributed by atoms with E-state index in [-0.39, 0.29) is 0 Å². The minimum absolute atomic E-state index is 0.843. The highest BCUT2D eigenvalue weighted by Crippen LogP contribution is 2.31. The predicted molar refractivity (Wildman–Crippen MR) is 74.1 cm³/mol. The number of hydrogen-bond acceptors (Lipinski definition) is 3. The molecular formula is C15H15N3. The van der Waals surface area contributed by atoms with Crippen LogP contribution < -0.4 is 10.6 Å². The Kier molecular flexibility index (Phi) is 2.73. The standard InChI is InChI=1S/C15H15N3/c16-14-4-1-5-15-13(14)3-2-10-18(15)11-12-6-8-17-9-7-12/h1-2,4-10H,3,11,16H2. The summed E-state index contributed by atoms with van der Waals surface area (Å²) in [7, 11) is 0. The molecule has 1 aromatic carbocycles. The molecule has 0 spiro atoms. The molecule has 0 bridgehead atoms. The first kappa shape index (κ1) is 10.8. The van der Waals surface area contributed by atoms with Crippen LogP contribution in [0.2, 0.25) is 0 Å². The van der Waals surface area contributed by atoms with Crippen LogP contribution >= 0.6 is 0 Å². The molecule has 1 aliphatic heterocycles. The van der Waals surface area contributed by atoms with Crippen molar-refractivity contribution in [2.75, 3.05) is 10.6 Å². The Morgan fingerprint density at radius 3 is 2.83 bits per heavy atom. The molecule has 18 heavy (non-hydrogen) atoms. The molecule has 3 rings (SSSR count). The van der Waals surface area contributed by atoms with Gasteiger partial charge in [0.05, 0.1) is 0 Å². The Bertz CT molecular complexity index is 576. The number of rotatable bonds is 2. The Hall–Kier alpha value is -2.29. The molecule has 0 radical (unpaired) electrons. The van der Waals surface area contributed by atoms with E-state index in [9.17, 15) is 0 Å². The van der Waals surface area contributed by atoms with Crippen LogP contribution in [-0.2, 0) is 13.0 Å². The second-order valence-corrected chi connectivity index (χ2v) is 4.42. The molecule has 3 heteroatoms. The van der Waals surface area contributed by atoms with E-state index in [1.54, 1.807) is 0 Å². The summed E-state index contributed by atoms with van der Waals surface area (Å²) in [6.07, 6.45) is 8.84. The zero-order valence-corrected chi connectivity index (χ0v) is 10.1. The van der Waals surface area contributed by atoms with Gasteiger partial charge in [0.2, 0.25) is 0 Å². The second-order valence-electron chi connectivity index (χ2n) is 4.42. The number of anilines is 2. The van der Waals surface area contributed by atoms with Crippen molar-refractivity contribution in [3.05, 3.63) is 66.1 Å². The van der Waals surface area contributed by atoms with Crippen molar-refractivity contribution in [3.63, 3.8) is 0 Å². The fourth-order valence-corrected chi connectivity index (χ4v) is 2.28. The van der Waals surface area contributed by atoms with Gasteiger partial charge in [-0.15, -0.1) is 0 Å². The lowest BCUT2D eigenvalue weighted by atomic mass is 10.0. The molecule has 3 nitrogen and oxygen atoms in total. The van der Waals surface area contributed by atoms with E-state index < -0.39 is 0 Å². The molecule has 0 saturated carbocycles. The molecule has 1 aromatic heterocycles. The van der Waals surface area contributed by atoms with Crippen LogP contribution in [0.3, 0.4) is 0 Å². The minimum atomic E-state index is 0.843. The first-order valence-electron chi connectivity index (χ1n) is 6.04. The van der Waals surface area contributed by atoms with Crippen LogP contribution in [-0.4, -0.2) is 4.98 Å². The molecule has 0 atom stereocenters. The lowest BCUT2D eigenvalue weighted by molar-refractivity contribution is 0.931. The summed E-state index contributed by atoms with van der Waals surface area (Å²) >= 11 is 0. The molecular weight excluding hydrogens is 222 g/mol. The highest BCUT2D eigenvalue weighted by atomic mass is 15.1. The summed E-state index contributed by atoms with van der Waals surface area (Å²) in [5.41, 5.74) is 10.6. The summed E-state index contributed by atoms with van der Waals surface area (Å²) in [5, 5.41) is 0. The third-order valence-corrected chi connectivity index (χ3v) is 3.21. The Morgan fingerprint density at radius 1 is 1.17 bits per heavy atom. The van der Waals surface area contributed by atoms with Gasteiger partial charge in [-0.25, -0.2) is 0 Å². The molecule has 0 unspecified atom stereocenters. The van der Waals surface area contributed by atoms with E-state index in [4.69, 9.17) is 5.73 Å². The monoisotopic (exact) mass is 237 g/mol. The van der Waals surface area contributed by atoms with E-state index in [1.807, 2.05) is 36.7 Å². The maximum absolute atomic E-state index is 6.03. The average molecular weight is 237 g/mol. The maximum Gasteiger partial charge on any atom is 0.0477 e. The normalized spacial score (nSPS) is 13.4. The van der Waals surface area contributed by atoms with Crippen molar-refractivity contribution >= 4 is 11.4 Å². The van der Waals surface area contributed by atoms with Crippen LogP contribution in [0.5, 0.6) is 0 Å². The average Bonchev–Trinajstić information content (AvgIpc) is 2.41. The summed E-state index contributed by atoms with van der Waals surface area (Å²) in [5.74, 6) is 0. The van der Waals surface area contributed by atoms with Crippen LogP contribution in [0.1, 0.15) is 11.1 Å². The first-order chi connectivity index (χ1) is 8.84. The van der Waals surface area contributed by atoms with Crippen LogP contribution in [0, 0.1) is 0 Å². The van der Waals surface area contributed by atoms with Crippen LogP contribution in [0.15, 0.2) is 55.0 Å². The number of nitrogens with two attached hydrogens (primary N) is 1. The number of benzene rings is 1.